The van der Waals surface area contributed by atoms with Crippen LogP contribution < -0.4 is 0 Å². The molecule has 0 spiro atoms. The van der Waals surface area contributed by atoms with Crippen molar-refractivity contribution in [3.63, 3.8) is 0 Å². The zero-order chi connectivity index (χ0) is 11.4. The highest BCUT2D eigenvalue weighted by Crippen LogP contribution is 2.35. The van der Waals surface area contributed by atoms with Crippen LogP contribution in [-0.4, -0.2) is 10.2 Å². The summed E-state index contributed by atoms with van der Waals surface area (Å²) in [7, 11) is 3.52. The molecule has 0 aromatic heterocycles. The maximum atomic E-state index is 3.52. The topological polar surface area (TPSA) is 0 Å². The minimum absolute atomic E-state index is 0.784. The fraction of sp³-hybridized carbons (Fsp3) is 0.467. The van der Waals surface area contributed by atoms with Gasteiger partial charge in [-0.15, -0.1) is 0 Å². The van der Waals surface area contributed by atoms with E-state index in [9.17, 15) is 0 Å². The van der Waals surface area contributed by atoms with Gasteiger partial charge in [0.05, 0.1) is 0 Å². The molecule has 0 bridgehead atoms. The molecule has 0 heterocycles. The van der Waals surface area contributed by atoms with Gasteiger partial charge in [0.2, 0.25) is 0 Å². The average Bonchev–Trinajstić information content (AvgIpc) is 2.30. The van der Waals surface area contributed by atoms with Crippen LogP contribution in [0.25, 0.3) is 0 Å². The molecule has 3 radical (unpaired) electrons. The summed E-state index contributed by atoms with van der Waals surface area (Å²) >= 11 is 0. The minimum atomic E-state index is 0.784. The van der Waals surface area contributed by atoms with Crippen LogP contribution in [0.3, 0.4) is 0 Å². The van der Waals surface area contributed by atoms with Crippen LogP contribution in [-0.2, 0) is 0 Å². The van der Waals surface area contributed by atoms with Gasteiger partial charge in [0.1, 0.15) is 0 Å². The van der Waals surface area contributed by atoms with Crippen molar-refractivity contribution >= 4 is 10.2 Å². The summed E-state index contributed by atoms with van der Waals surface area (Å²) in [5, 5.41) is 0. The Labute approximate surface area is 102 Å². The molecular formula is C15H19Si. The monoisotopic (exact) mass is 227 g/mol. The van der Waals surface area contributed by atoms with E-state index in [0.29, 0.717) is 0 Å². The molecule has 83 valence electrons. The van der Waals surface area contributed by atoms with Gasteiger partial charge in [-0.2, -0.15) is 0 Å². The van der Waals surface area contributed by atoms with E-state index in [4.69, 9.17) is 0 Å². The van der Waals surface area contributed by atoms with Gasteiger partial charge >= 0.3 is 0 Å². The third kappa shape index (κ3) is 2.85. The van der Waals surface area contributed by atoms with Crippen LogP contribution in [0.1, 0.15) is 42.7 Å². The van der Waals surface area contributed by atoms with Gasteiger partial charge in [0, 0.05) is 10.2 Å². The SMILES string of the molecule is Cc1cccc(C2CCC(=CC[Si])CC2)c1. The van der Waals surface area contributed by atoms with Crippen molar-refractivity contribution in [2.75, 3.05) is 0 Å². The maximum Gasteiger partial charge on any atom is 0.0275 e. The van der Waals surface area contributed by atoms with E-state index in [1.54, 1.807) is 5.57 Å². The quantitative estimate of drug-likeness (QED) is 0.525. The summed E-state index contributed by atoms with van der Waals surface area (Å²) in [6, 6.07) is 10.0. The maximum absolute atomic E-state index is 3.52. The van der Waals surface area contributed by atoms with Crippen molar-refractivity contribution in [2.45, 2.75) is 44.6 Å². The lowest BCUT2D eigenvalue weighted by atomic mass is 9.81. The first-order valence-corrected chi connectivity index (χ1v) is 6.89. The normalized spacial score (nSPS) is 20.9. The summed E-state index contributed by atoms with van der Waals surface area (Å²) in [6.07, 6.45) is 7.54. The zero-order valence-corrected chi connectivity index (χ0v) is 11.0. The second-order valence-electron chi connectivity index (χ2n) is 4.75. The fourth-order valence-electron chi connectivity index (χ4n) is 2.59. The largest absolute Gasteiger partial charge is 0.0887 e. The molecule has 1 heteroatoms. The van der Waals surface area contributed by atoms with E-state index in [1.807, 2.05) is 0 Å². The Balaban J connectivity index is 2.01. The molecule has 1 saturated carbocycles. The third-order valence-electron chi connectivity index (χ3n) is 3.53. The number of rotatable bonds is 2. The zero-order valence-electron chi connectivity index (χ0n) is 10.00. The highest BCUT2D eigenvalue weighted by Gasteiger charge is 2.17. The number of aryl methyl sites for hydroxylation is 1. The molecule has 0 amide bonds. The Bertz CT molecular complexity index is 369. The lowest BCUT2D eigenvalue weighted by Gasteiger charge is -2.24. The smallest absolute Gasteiger partial charge is 0.0275 e. The number of hydrogen-bond acceptors (Lipinski definition) is 0. The van der Waals surface area contributed by atoms with Gasteiger partial charge in [0.25, 0.3) is 0 Å². The molecule has 2 rings (SSSR count). The summed E-state index contributed by atoms with van der Waals surface area (Å²) in [5.74, 6) is 0.784. The molecular weight excluding hydrogens is 208 g/mol. The summed E-state index contributed by atoms with van der Waals surface area (Å²) in [5.41, 5.74) is 4.57. The first-order chi connectivity index (χ1) is 7.79. The first kappa shape index (κ1) is 11.7. The molecule has 1 fully saturated rings. The third-order valence-corrected chi connectivity index (χ3v) is 3.74. The molecule has 0 unspecified atom stereocenters. The molecule has 1 aliphatic carbocycles. The Hall–Kier alpha value is -0.823. The van der Waals surface area contributed by atoms with Gasteiger partial charge in [0.15, 0.2) is 0 Å². The van der Waals surface area contributed by atoms with Crippen LogP contribution in [0.2, 0.25) is 6.04 Å². The van der Waals surface area contributed by atoms with Crippen molar-refractivity contribution in [3.05, 3.63) is 47.0 Å². The lowest BCUT2D eigenvalue weighted by molar-refractivity contribution is 0.516. The highest BCUT2D eigenvalue weighted by atomic mass is 28.1. The second kappa shape index (κ2) is 5.49. The van der Waals surface area contributed by atoms with E-state index in [2.05, 4.69) is 47.5 Å². The van der Waals surface area contributed by atoms with E-state index in [0.717, 1.165) is 12.0 Å². The molecule has 16 heavy (non-hydrogen) atoms. The van der Waals surface area contributed by atoms with Crippen molar-refractivity contribution in [1.82, 2.24) is 0 Å². The van der Waals surface area contributed by atoms with E-state index >= 15 is 0 Å². The van der Waals surface area contributed by atoms with Crippen LogP contribution in [0.4, 0.5) is 0 Å². The van der Waals surface area contributed by atoms with E-state index < -0.39 is 0 Å². The Kier molecular flexibility index (Phi) is 4.00. The van der Waals surface area contributed by atoms with Gasteiger partial charge in [-0.3, -0.25) is 0 Å². The molecule has 0 aliphatic heterocycles. The molecule has 0 N–H and O–H groups in total. The predicted octanol–water partition coefficient (Wildman–Crippen LogP) is 4.17. The van der Waals surface area contributed by atoms with Gasteiger partial charge in [-0.25, -0.2) is 0 Å². The minimum Gasteiger partial charge on any atom is -0.0887 e. The lowest BCUT2D eigenvalue weighted by Crippen LogP contribution is -2.06. The molecule has 0 nitrogen and oxygen atoms in total. The first-order valence-electron chi connectivity index (χ1n) is 6.18. The Morgan fingerprint density at radius 3 is 2.69 bits per heavy atom. The van der Waals surface area contributed by atoms with Crippen LogP contribution >= 0.6 is 0 Å². The Morgan fingerprint density at radius 2 is 2.06 bits per heavy atom. The van der Waals surface area contributed by atoms with Crippen molar-refractivity contribution in [3.8, 4) is 0 Å². The van der Waals surface area contributed by atoms with Gasteiger partial charge in [-0.1, -0.05) is 41.5 Å². The summed E-state index contributed by atoms with van der Waals surface area (Å²) in [4.78, 5) is 0. The number of allylic oxidation sites excluding steroid dienone is 2. The Morgan fingerprint density at radius 1 is 1.31 bits per heavy atom. The van der Waals surface area contributed by atoms with Crippen molar-refractivity contribution in [2.24, 2.45) is 0 Å². The van der Waals surface area contributed by atoms with E-state index in [-0.39, 0.29) is 0 Å². The molecule has 1 aromatic rings. The number of benzene rings is 1. The summed E-state index contributed by atoms with van der Waals surface area (Å²) in [6.45, 7) is 2.18. The van der Waals surface area contributed by atoms with Crippen LogP contribution in [0, 0.1) is 6.92 Å². The molecule has 1 aliphatic rings. The fourth-order valence-corrected chi connectivity index (χ4v) is 2.88. The summed E-state index contributed by atoms with van der Waals surface area (Å²) < 4.78 is 0. The van der Waals surface area contributed by atoms with Crippen molar-refractivity contribution in [1.29, 1.82) is 0 Å². The second-order valence-corrected chi connectivity index (χ2v) is 5.16. The standard InChI is InChI=1S/C15H19Si/c1-12-3-2-4-15(11-12)14-7-5-13(6-8-14)9-10-16/h2-4,9,11,14H,5-8,10H2,1H3. The van der Waals surface area contributed by atoms with Gasteiger partial charge in [-0.05, 0) is 50.1 Å². The average molecular weight is 227 g/mol. The predicted molar refractivity (Wildman–Crippen MR) is 71.0 cm³/mol. The molecule has 0 saturated heterocycles. The number of hydrogen-bond donors (Lipinski definition) is 0. The van der Waals surface area contributed by atoms with E-state index in [1.165, 1.54) is 36.8 Å². The van der Waals surface area contributed by atoms with Gasteiger partial charge < -0.3 is 0 Å². The van der Waals surface area contributed by atoms with Crippen molar-refractivity contribution < 1.29 is 0 Å². The highest BCUT2D eigenvalue weighted by molar-refractivity contribution is 6.09. The molecule has 0 atom stereocenters. The molecule has 1 aromatic carbocycles. The van der Waals surface area contributed by atoms with Crippen LogP contribution in [0.5, 0.6) is 0 Å². The van der Waals surface area contributed by atoms with Crippen LogP contribution in [0.15, 0.2) is 35.9 Å².